The largest absolute Gasteiger partial charge is 0.353 e. The van der Waals surface area contributed by atoms with E-state index >= 15 is 0 Å². The number of carbonyl (C=O) groups is 1. The highest BCUT2D eigenvalue weighted by atomic mass is 16.2. The molecule has 1 aromatic carbocycles. The van der Waals surface area contributed by atoms with Crippen LogP contribution in [0.3, 0.4) is 0 Å². The van der Waals surface area contributed by atoms with Crippen molar-refractivity contribution in [1.29, 1.82) is 0 Å². The molecule has 0 radical (unpaired) electrons. The van der Waals surface area contributed by atoms with E-state index in [1.54, 1.807) is 0 Å². The predicted octanol–water partition coefficient (Wildman–Crippen LogP) is 2.07. The Labute approximate surface area is 84.3 Å². The molecule has 1 fully saturated rings. The van der Waals surface area contributed by atoms with Crippen LogP contribution in [0.25, 0.3) is 0 Å². The zero-order valence-corrected chi connectivity index (χ0v) is 8.36. The molecule has 1 N–H and O–H groups in total. The molecule has 0 aliphatic carbocycles. The van der Waals surface area contributed by atoms with Gasteiger partial charge in [0.25, 0.3) is 0 Å². The Morgan fingerprint density at radius 2 is 1.93 bits per heavy atom. The van der Waals surface area contributed by atoms with Crippen molar-refractivity contribution in [2.24, 2.45) is 0 Å². The van der Waals surface area contributed by atoms with Gasteiger partial charge in [-0.3, -0.25) is 4.79 Å². The average Bonchev–Trinajstić information content (AvgIpc) is 2.19. The van der Waals surface area contributed by atoms with Gasteiger partial charge in [0.1, 0.15) is 0 Å². The van der Waals surface area contributed by atoms with E-state index in [4.69, 9.17) is 0 Å². The van der Waals surface area contributed by atoms with Gasteiger partial charge in [0.05, 0.1) is 5.92 Å². The lowest BCUT2D eigenvalue weighted by Gasteiger charge is -2.26. The molecule has 14 heavy (non-hydrogen) atoms. The van der Waals surface area contributed by atoms with Gasteiger partial charge in [0.15, 0.2) is 0 Å². The standard InChI is InChI=1S/C12H15NO/c1-9-7-8-11(12(14)13-9)10-5-3-2-4-6-10/h2-6,9,11H,7-8H2,1H3,(H,13,14). The van der Waals surface area contributed by atoms with E-state index in [9.17, 15) is 4.79 Å². The van der Waals surface area contributed by atoms with Crippen molar-refractivity contribution in [3.63, 3.8) is 0 Å². The number of hydrogen-bond donors (Lipinski definition) is 1. The molecule has 2 nitrogen and oxygen atoms in total. The highest BCUT2D eigenvalue weighted by Crippen LogP contribution is 2.25. The third kappa shape index (κ3) is 1.79. The summed E-state index contributed by atoms with van der Waals surface area (Å²) in [5.74, 6) is 0.238. The van der Waals surface area contributed by atoms with Crippen LogP contribution in [-0.2, 0) is 4.79 Å². The third-order valence-electron chi connectivity index (χ3n) is 2.80. The maximum atomic E-state index is 11.7. The van der Waals surface area contributed by atoms with E-state index in [-0.39, 0.29) is 11.8 Å². The molecule has 1 heterocycles. The van der Waals surface area contributed by atoms with Crippen molar-refractivity contribution in [1.82, 2.24) is 5.32 Å². The molecule has 0 bridgehead atoms. The van der Waals surface area contributed by atoms with Gasteiger partial charge < -0.3 is 5.32 Å². The molecule has 2 atom stereocenters. The number of piperidine rings is 1. The van der Waals surface area contributed by atoms with E-state index in [1.807, 2.05) is 30.3 Å². The van der Waals surface area contributed by atoms with Crippen LogP contribution in [0.1, 0.15) is 31.2 Å². The number of nitrogens with one attached hydrogen (secondary N) is 1. The normalized spacial score (nSPS) is 27.1. The van der Waals surface area contributed by atoms with Crippen LogP contribution in [0.4, 0.5) is 0 Å². The monoisotopic (exact) mass is 189 g/mol. The van der Waals surface area contributed by atoms with Crippen LogP contribution in [0.2, 0.25) is 0 Å². The van der Waals surface area contributed by atoms with Crippen molar-refractivity contribution in [2.45, 2.75) is 31.7 Å². The molecule has 1 aliphatic rings. The second kappa shape index (κ2) is 3.82. The van der Waals surface area contributed by atoms with Crippen LogP contribution in [0, 0.1) is 0 Å². The second-order valence-electron chi connectivity index (χ2n) is 3.95. The molecule has 1 aromatic rings. The van der Waals surface area contributed by atoms with Gasteiger partial charge in [-0.15, -0.1) is 0 Å². The topological polar surface area (TPSA) is 29.1 Å². The highest BCUT2D eigenvalue weighted by molar-refractivity contribution is 5.84. The van der Waals surface area contributed by atoms with Gasteiger partial charge in [-0.2, -0.15) is 0 Å². The molecular formula is C12H15NO. The molecule has 74 valence electrons. The Morgan fingerprint density at radius 1 is 1.21 bits per heavy atom. The minimum Gasteiger partial charge on any atom is -0.353 e. The van der Waals surface area contributed by atoms with Crippen molar-refractivity contribution in [3.8, 4) is 0 Å². The molecule has 1 aliphatic heterocycles. The minimum atomic E-state index is 0.0624. The Balaban J connectivity index is 2.16. The van der Waals surface area contributed by atoms with Crippen molar-refractivity contribution in [2.75, 3.05) is 0 Å². The summed E-state index contributed by atoms with van der Waals surface area (Å²) in [6.07, 6.45) is 2.04. The van der Waals surface area contributed by atoms with Gasteiger partial charge >= 0.3 is 0 Å². The fourth-order valence-corrected chi connectivity index (χ4v) is 1.97. The molecule has 0 saturated carbocycles. The zero-order valence-electron chi connectivity index (χ0n) is 8.36. The molecule has 2 rings (SSSR count). The van der Waals surface area contributed by atoms with Crippen molar-refractivity contribution >= 4 is 5.91 Å². The first-order chi connectivity index (χ1) is 6.77. The summed E-state index contributed by atoms with van der Waals surface area (Å²) in [5.41, 5.74) is 1.14. The summed E-state index contributed by atoms with van der Waals surface area (Å²) in [4.78, 5) is 11.7. The maximum Gasteiger partial charge on any atom is 0.227 e. The summed E-state index contributed by atoms with van der Waals surface area (Å²) >= 11 is 0. The number of rotatable bonds is 1. The Kier molecular flexibility index (Phi) is 2.53. The van der Waals surface area contributed by atoms with Crippen LogP contribution < -0.4 is 5.32 Å². The van der Waals surface area contributed by atoms with Gasteiger partial charge in [0, 0.05) is 6.04 Å². The Morgan fingerprint density at radius 3 is 2.57 bits per heavy atom. The van der Waals surface area contributed by atoms with E-state index in [0.29, 0.717) is 6.04 Å². The number of hydrogen-bond acceptors (Lipinski definition) is 1. The number of benzene rings is 1. The van der Waals surface area contributed by atoms with E-state index in [2.05, 4.69) is 12.2 Å². The fraction of sp³-hybridized carbons (Fsp3) is 0.417. The molecular weight excluding hydrogens is 174 g/mol. The summed E-state index contributed by atoms with van der Waals surface area (Å²) in [7, 11) is 0. The second-order valence-corrected chi connectivity index (χ2v) is 3.95. The quantitative estimate of drug-likeness (QED) is 0.720. The van der Waals surface area contributed by atoms with Crippen LogP contribution in [0.5, 0.6) is 0 Å². The molecule has 1 amide bonds. The van der Waals surface area contributed by atoms with Gasteiger partial charge in [-0.1, -0.05) is 30.3 Å². The smallest absolute Gasteiger partial charge is 0.227 e. The summed E-state index contributed by atoms with van der Waals surface area (Å²) in [6.45, 7) is 2.05. The summed E-state index contributed by atoms with van der Waals surface area (Å²) < 4.78 is 0. The fourth-order valence-electron chi connectivity index (χ4n) is 1.97. The lowest BCUT2D eigenvalue weighted by atomic mass is 9.88. The number of amides is 1. The molecule has 2 heteroatoms. The molecule has 2 unspecified atom stereocenters. The van der Waals surface area contributed by atoms with Crippen LogP contribution in [0.15, 0.2) is 30.3 Å². The third-order valence-corrected chi connectivity index (χ3v) is 2.80. The Hall–Kier alpha value is -1.31. The van der Waals surface area contributed by atoms with Crippen LogP contribution in [-0.4, -0.2) is 11.9 Å². The lowest BCUT2D eigenvalue weighted by Crippen LogP contribution is -2.41. The van der Waals surface area contributed by atoms with Gasteiger partial charge in [0.2, 0.25) is 5.91 Å². The Bertz CT molecular complexity index is 320. The van der Waals surface area contributed by atoms with Crippen LogP contribution >= 0.6 is 0 Å². The highest BCUT2D eigenvalue weighted by Gasteiger charge is 2.26. The SMILES string of the molecule is CC1CCC(c2ccccc2)C(=O)N1. The van der Waals surface area contributed by atoms with E-state index < -0.39 is 0 Å². The molecule has 0 spiro atoms. The maximum absolute atomic E-state index is 11.7. The zero-order chi connectivity index (χ0) is 9.97. The number of carbonyl (C=O) groups excluding carboxylic acids is 1. The lowest BCUT2D eigenvalue weighted by molar-refractivity contribution is -0.124. The van der Waals surface area contributed by atoms with E-state index in [1.165, 1.54) is 0 Å². The van der Waals surface area contributed by atoms with Gasteiger partial charge in [-0.05, 0) is 25.3 Å². The minimum absolute atomic E-state index is 0.0624. The van der Waals surface area contributed by atoms with Gasteiger partial charge in [-0.25, -0.2) is 0 Å². The predicted molar refractivity (Wildman–Crippen MR) is 56.0 cm³/mol. The first-order valence-corrected chi connectivity index (χ1v) is 5.12. The van der Waals surface area contributed by atoms with E-state index in [0.717, 1.165) is 18.4 Å². The molecule has 1 saturated heterocycles. The average molecular weight is 189 g/mol. The molecule has 0 aromatic heterocycles. The first kappa shape index (κ1) is 9.25. The summed E-state index contributed by atoms with van der Waals surface area (Å²) in [6, 6.07) is 10.3. The van der Waals surface area contributed by atoms with Crippen molar-refractivity contribution in [3.05, 3.63) is 35.9 Å². The van der Waals surface area contributed by atoms with Crippen molar-refractivity contribution < 1.29 is 4.79 Å². The first-order valence-electron chi connectivity index (χ1n) is 5.12. The summed E-state index contributed by atoms with van der Waals surface area (Å²) in [5, 5.41) is 2.99.